The standard InChI is InChI=1S/C14H22N4O2/c1-4-18(3)13(19)9-16-8-12-6-5-11(7-10(12)2)14(15)17-20/h5-7,16,20H,4,8-9H2,1-3H3,(H2,15,17). The van der Waals surface area contributed by atoms with Crippen molar-refractivity contribution in [3.63, 3.8) is 0 Å². The molecule has 0 bridgehead atoms. The molecule has 0 saturated heterocycles. The van der Waals surface area contributed by atoms with Crippen molar-refractivity contribution in [3.8, 4) is 0 Å². The van der Waals surface area contributed by atoms with Crippen LogP contribution in [0.3, 0.4) is 0 Å². The number of benzene rings is 1. The number of carbonyl (C=O) groups is 1. The van der Waals surface area contributed by atoms with Crippen molar-refractivity contribution in [1.82, 2.24) is 10.2 Å². The van der Waals surface area contributed by atoms with Crippen LogP contribution in [-0.4, -0.2) is 42.0 Å². The van der Waals surface area contributed by atoms with Gasteiger partial charge in [0.15, 0.2) is 5.84 Å². The van der Waals surface area contributed by atoms with E-state index < -0.39 is 0 Å². The minimum atomic E-state index is 0.0680. The molecule has 1 aromatic rings. The molecule has 20 heavy (non-hydrogen) atoms. The van der Waals surface area contributed by atoms with Gasteiger partial charge in [-0.2, -0.15) is 0 Å². The topological polar surface area (TPSA) is 91.0 Å². The van der Waals surface area contributed by atoms with Gasteiger partial charge in [-0.1, -0.05) is 17.3 Å². The van der Waals surface area contributed by atoms with Gasteiger partial charge in [-0.3, -0.25) is 4.79 Å². The summed E-state index contributed by atoms with van der Waals surface area (Å²) in [5.74, 6) is 0.158. The number of nitrogens with zero attached hydrogens (tertiary/aromatic N) is 2. The third-order valence-corrected chi connectivity index (χ3v) is 3.24. The maximum absolute atomic E-state index is 11.6. The highest BCUT2D eigenvalue weighted by molar-refractivity contribution is 5.97. The van der Waals surface area contributed by atoms with Crippen LogP contribution < -0.4 is 11.1 Å². The number of hydrogen-bond acceptors (Lipinski definition) is 4. The van der Waals surface area contributed by atoms with Crippen LogP contribution in [0.25, 0.3) is 0 Å². The normalized spacial score (nSPS) is 11.4. The Bertz CT molecular complexity index is 500. The zero-order valence-corrected chi connectivity index (χ0v) is 12.2. The molecule has 0 heterocycles. The minimum absolute atomic E-state index is 0.0680. The summed E-state index contributed by atoms with van der Waals surface area (Å²) in [5, 5.41) is 14.7. The minimum Gasteiger partial charge on any atom is -0.409 e. The SMILES string of the molecule is CCN(C)C(=O)CNCc1ccc(/C(N)=N/O)cc1C. The molecule has 0 radical (unpaired) electrons. The average Bonchev–Trinajstić information content (AvgIpc) is 2.46. The zero-order chi connectivity index (χ0) is 15.1. The van der Waals surface area contributed by atoms with Gasteiger partial charge in [-0.05, 0) is 31.0 Å². The Kier molecular flexibility index (Phi) is 5.99. The van der Waals surface area contributed by atoms with E-state index >= 15 is 0 Å². The summed E-state index contributed by atoms with van der Waals surface area (Å²) in [4.78, 5) is 13.3. The van der Waals surface area contributed by atoms with Crippen molar-refractivity contribution >= 4 is 11.7 Å². The van der Waals surface area contributed by atoms with E-state index in [-0.39, 0.29) is 11.7 Å². The van der Waals surface area contributed by atoms with Crippen LogP contribution in [0.1, 0.15) is 23.6 Å². The Balaban J connectivity index is 2.59. The first-order chi connectivity index (χ1) is 9.49. The van der Waals surface area contributed by atoms with Crippen LogP contribution in [0.4, 0.5) is 0 Å². The fourth-order valence-electron chi connectivity index (χ4n) is 1.73. The zero-order valence-electron chi connectivity index (χ0n) is 12.2. The number of likely N-dealkylation sites (N-methyl/N-ethyl adjacent to an activating group) is 1. The second-order valence-electron chi connectivity index (χ2n) is 4.64. The summed E-state index contributed by atoms with van der Waals surface area (Å²) in [5.41, 5.74) is 8.31. The van der Waals surface area contributed by atoms with Crippen molar-refractivity contribution in [2.75, 3.05) is 20.1 Å². The first kappa shape index (κ1) is 16.0. The first-order valence-electron chi connectivity index (χ1n) is 6.51. The van der Waals surface area contributed by atoms with Gasteiger partial charge in [0.25, 0.3) is 0 Å². The number of nitrogens with one attached hydrogen (secondary N) is 1. The van der Waals surface area contributed by atoms with Gasteiger partial charge in [0.1, 0.15) is 0 Å². The van der Waals surface area contributed by atoms with E-state index in [0.717, 1.165) is 11.1 Å². The van der Waals surface area contributed by atoms with Crippen LogP contribution in [0.2, 0.25) is 0 Å². The monoisotopic (exact) mass is 278 g/mol. The Morgan fingerprint density at radius 3 is 2.75 bits per heavy atom. The molecular formula is C14H22N4O2. The lowest BCUT2D eigenvalue weighted by Gasteiger charge is -2.15. The van der Waals surface area contributed by atoms with Crippen molar-refractivity contribution < 1.29 is 10.0 Å². The van der Waals surface area contributed by atoms with Crippen molar-refractivity contribution in [1.29, 1.82) is 0 Å². The van der Waals surface area contributed by atoms with E-state index in [0.29, 0.717) is 25.2 Å². The van der Waals surface area contributed by atoms with Crippen molar-refractivity contribution in [2.45, 2.75) is 20.4 Å². The van der Waals surface area contributed by atoms with Crippen molar-refractivity contribution in [3.05, 3.63) is 34.9 Å². The van der Waals surface area contributed by atoms with Crippen LogP contribution in [0.15, 0.2) is 23.4 Å². The Morgan fingerprint density at radius 1 is 1.50 bits per heavy atom. The molecule has 1 amide bonds. The molecule has 0 saturated carbocycles. The summed E-state index contributed by atoms with van der Waals surface area (Å²) in [6, 6.07) is 5.55. The second kappa shape index (κ2) is 7.49. The maximum Gasteiger partial charge on any atom is 0.236 e. The van der Waals surface area contributed by atoms with Crippen LogP contribution in [0.5, 0.6) is 0 Å². The Morgan fingerprint density at radius 2 is 2.20 bits per heavy atom. The third kappa shape index (κ3) is 4.24. The maximum atomic E-state index is 11.6. The molecule has 0 aliphatic carbocycles. The second-order valence-corrected chi connectivity index (χ2v) is 4.64. The predicted octanol–water partition coefficient (Wildman–Crippen LogP) is 0.657. The van der Waals surface area contributed by atoms with Crippen LogP contribution in [-0.2, 0) is 11.3 Å². The molecule has 0 atom stereocenters. The number of oxime groups is 1. The number of hydrogen-bond donors (Lipinski definition) is 3. The van der Waals surface area contributed by atoms with E-state index in [2.05, 4.69) is 10.5 Å². The van der Waals surface area contributed by atoms with Gasteiger partial charge in [0, 0.05) is 25.7 Å². The molecule has 4 N–H and O–H groups in total. The quantitative estimate of drug-likeness (QED) is 0.308. The number of aryl methyl sites for hydroxylation is 1. The fraction of sp³-hybridized carbons (Fsp3) is 0.429. The molecule has 110 valence electrons. The molecule has 1 aromatic carbocycles. The summed E-state index contributed by atoms with van der Waals surface area (Å²) < 4.78 is 0. The number of amidine groups is 1. The van der Waals surface area contributed by atoms with Gasteiger partial charge < -0.3 is 21.2 Å². The molecule has 0 fully saturated rings. The van der Waals surface area contributed by atoms with Crippen LogP contribution >= 0.6 is 0 Å². The molecule has 0 aliphatic heterocycles. The third-order valence-electron chi connectivity index (χ3n) is 3.24. The first-order valence-corrected chi connectivity index (χ1v) is 6.51. The highest BCUT2D eigenvalue weighted by atomic mass is 16.4. The van der Waals surface area contributed by atoms with E-state index in [1.807, 2.05) is 26.0 Å². The smallest absolute Gasteiger partial charge is 0.236 e. The van der Waals surface area contributed by atoms with Crippen molar-refractivity contribution in [2.24, 2.45) is 10.9 Å². The van der Waals surface area contributed by atoms with E-state index in [1.165, 1.54) is 0 Å². The van der Waals surface area contributed by atoms with Crippen LogP contribution in [0, 0.1) is 6.92 Å². The number of carbonyl (C=O) groups excluding carboxylic acids is 1. The summed E-state index contributed by atoms with van der Waals surface area (Å²) in [6.45, 7) is 5.50. The molecule has 1 rings (SSSR count). The largest absolute Gasteiger partial charge is 0.409 e. The molecule has 6 heteroatoms. The molecular weight excluding hydrogens is 256 g/mol. The number of rotatable bonds is 6. The summed E-state index contributed by atoms with van der Waals surface area (Å²) in [7, 11) is 1.78. The molecule has 0 spiro atoms. The van der Waals surface area contributed by atoms with E-state index in [9.17, 15) is 4.79 Å². The molecule has 0 aliphatic rings. The van der Waals surface area contributed by atoms with Gasteiger partial charge in [0.05, 0.1) is 6.54 Å². The number of amides is 1. The summed E-state index contributed by atoms with van der Waals surface area (Å²) in [6.07, 6.45) is 0. The molecule has 6 nitrogen and oxygen atoms in total. The Labute approximate surface area is 119 Å². The van der Waals surface area contributed by atoms with Gasteiger partial charge >= 0.3 is 0 Å². The highest BCUT2D eigenvalue weighted by Crippen LogP contribution is 2.11. The Hall–Kier alpha value is -2.08. The van der Waals surface area contributed by atoms with E-state index in [4.69, 9.17) is 10.9 Å². The lowest BCUT2D eigenvalue weighted by Crippen LogP contribution is -2.35. The number of nitrogens with two attached hydrogens (primary N) is 1. The predicted molar refractivity (Wildman–Crippen MR) is 78.7 cm³/mol. The fourth-order valence-corrected chi connectivity index (χ4v) is 1.73. The van der Waals surface area contributed by atoms with Gasteiger partial charge in [-0.15, -0.1) is 0 Å². The van der Waals surface area contributed by atoms with Gasteiger partial charge in [-0.25, -0.2) is 0 Å². The average molecular weight is 278 g/mol. The highest BCUT2D eigenvalue weighted by Gasteiger charge is 2.07. The summed E-state index contributed by atoms with van der Waals surface area (Å²) >= 11 is 0. The lowest BCUT2D eigenvalue weighted by atomic mass is 10.0. The molecule has 0 aromatic heterocycles. The van der Waals surface area contributed by atoms with E-state index in [1.54, 1.807) is 18.0 Å². The van der Waals surface area contributed by atoms with Gasteiger partial charge in [0.2, 0.25) is 5.91 Å². The lowest BCUT2D eigenvalue weighted by molar-refractivity contribution is -0.128. The molecule has 0 unspecified atom stereocenters.